The fraction of sp³-hybridized carbons (Fsp3) is 0.391. The minimum absolute atomic E-state index is 0.000511. The number of ketones is 1. The number of phenols is 2. The monoisotopic (exact) mass is 400 g/mol. The smallest absolute Gasteiger partial charge is 0.306 e. The van der Waals surface area contributed by atoms with Crippen molar-refractivity contribution < 1.29 is 29.3 Å². The van der Waals surface area contributed by atoms with Crippen molar-refractivity contribution in [2.24, 2.45) is 5.92 Å². The van der Waals surface area contributed by atoms with Crippen LogP contribution < -0.4 is 4.74 Å². The molecule has 0 unspecified atom stereocenters. The second kappa shape index (κ2) is 9.96. The molecule has 0 saturated carbocycles. The van der Waals surface area contributed by atoms with Crippen molar-refractivity contribution in [2.45, 2.75) is 46.6 Å². The maximum atomic E-state index is 12.8. The van der Waals surface area contributed by atoms with Gasteiger partial charge in [0.1, 0.15) is 17.2 Å². The van der Waals surface area contributed by atoms with E-state index < -0.39 is 0 Å². The zero-order valence-electron chi connectivity index (χ0n) is 17.3. The summed E-state index contributed by atoms with van der Waals surface area (Å²) in [7, 11) is 0. The minimum Gasteiger partial charge on any atom is -0.508 e. The van der Waals surface area contributed by atoms with Gasteiger partial charge in [-0.05, 0) is 62.1 Å². The van der Waals surface area contributed by atoms with Gasteiger partial charge in [0.15, 0.2) is 5.78 Å². The molecular formula is C23H28O6. The Hall–Kier alpha value is -3.02. The Morgan fingerprint density at radius 3 is 2.31 bits per heavy atom. The summed E-state index contributed by atoms with van der Waals surface area (Å²) in [6.07, 6.45) is 0.127. The molecule has 0 atom stereocenters. The molecule has 0 bridgehead atoms. The van der Waals surface area contributed by atoms with Crippen molar-refractivity contribution in [3.63, 3.8) is 0 Å². The van der Waals surface area contributed by atoms with Crippen LogP contribution in [0.5, 0.6) is 17.2 Å². The number of hydrogen-bond acceptors (Lipinski definition) is 6. The Kier molecular flexibility index (Phi) is 7.65. The van der Waals surface area contributed by atoms with E-state index in [1.165, 1.54) is 30.3 Å². The molecule has 0 fully saturated rings. The number of aryl methyl sites for hydroxylation is 1. The van der Waals surface area contributed by atoms with Crippen LogP contribution in [-0.4, -0.2) is 34.7 Å². The Labute approximate surface area is 171 Å². The van der Waals surface area contributed by atoms with Crippen LogP contribution in [0.4, 0.5) is 0 Å². The van der Waals surface area contributed by atoms with E-state index in [1.54, 1.807) is 19.9 Å². The van der Waals surface area contributed by atoms with Gasteiger partial charge in [0, 0.05) is 18.1 Å². The van der Waals surface area contributed by atoms with Gasteiger partial charge in [-0.3, -0.25) is 9.59 Å². The molecule has 0 spiro atoms. The number of aromatic hydroxyl groups is 2. The van der Waals surface area contributed by atoms with Crippen LogP contribution in [-0.2, 0) is 16.0 Å². The molecule has 2 aromatic carbocycles. The molecule has 0 aliphatic rings. The largest absolute Gasteiger partial charge is 0.508 e. The Morgan fingerprint density at radius 1 is 0.966 bits per heavy atom. The lowest BCUT2D eigenvalue weighted by atomic mass is 9.98. The highest BCUT2D eigenvalue weighted by Gasteiger charge is 2.17. The third kappa shape index (κ3) is 6.52. The van der Waals surface area contributed by atoms with E-state index in [0.29, 0.717) is 29.4 Å². The molecule has 29 heavy (non-hydrogen) atoms. The average Bonchev–Trinajstić information content (AvgIpc) is 2.64. The topological polar surface area (TPSA) is 93.1 Å². The van der Waals surface area contributed by atoms with E-state index in [2.05, 4.69) is 0 Å². The summed E-state index contributed by atoms with van der Waals surface area (Å²) in [5.74, 6) is -0.101. The Balaban J connectivity index is 2.15. The van der Waals surface area contributed by atoms with Gasteiger partial charge in [-0.2, -0.15) is 0 Å². The van der Waals surface area contributed by atoms with Crippen LogP contribution in [0.25, 0.3) is 0 Å². The lowest BCUT2D eigenvalue weighted by Crippen LogP contribution is -2.12. The quantitative estimate of drug-likeness (QED) is 0.483. The van der Waals surface area contributed by atoms with Crippen molar-refractivity contribution in [1.82, 2.24) is 0 Å². The number of carbonyl (C=O) groups is 2. The van der Waals surface area contributed by atoms with E-state index in [4.69, 9.17) is 9.47 Å². The first-order valence-corrected chi connectivity index (χ1v) is 9.69. The van der Waals surface area contributed by atoms with Gasteiger partial charge in [0.05, 0.1) is 18.3 Å². The Morgan fingerprint density at radius 2 is 1.69 bits per heavy atom. The van der Waals surface area contributed by atoms with Gasteiger partial charge < -0.3 is 19.7 Å². The van der Waals surface area contributed by atoms with Gasteiger partial charge in [-0.15, -0.1) is 0 Å². The summed E-state index contributed by atoms with van der Waals surface area (Å²) in [6.45, 7) is 8.07. The third-order valence-electron chi connectivity index (χ3n) is 4.10. The highest BCUT2D eigenvalue weighted by Crippen LogP contribution is 2.28. The molecule has 0 aliphatic carbocycles. The molecular weight excluding hydrogens is 372 g/mol. The van der Waals surface area contributed by atoms with Crippen LogP contribution in [0.2, 0.25) is 0 Å². The van der Waals surface area contributed by atoms with Crippen molar-refractivity contribution >= 4 is 11.8 Å². The molecule has 6 heteroatoms. The van der Waals surface area contributed by atoms with Gasteiger partial charge >= 0.3 is 5.97 Å². The normalized spacial score (nSPS) is 11.0. The summed E-state index contributed by atoms with van der Waals surface area (Å²) in [5.41, 5.74) is 0.909. The number of esters is 1. The maximum Gasteiger partial charge on any atom is 0.306 e. The lowest BCUT2D eigenvalue weighted by molar-refractivity contribution is -0.147. The first-order valence-electron chi connectivity index (χ1n) is 9.69. The molecule has 0 aromatic heterocycles. The molecule has 2 N–H and O–H groups in total. The average molecular weight is 400 g/mol. The number of ether oxygens (including phenoxy) is 2. The highest BCUT2D eigenvalue weighted by atomic mass is 16.5. The van der Waals surface area contributed by atoms with Gasteiger partial charge in [-0.25, -0.2) is 0 Å². The summed E-state index contributed by atoms with van der Waals surface area (Å²) in [5, 5.41) is 20.3. The van der Waals surface area contributed by atoms with Gasteiger partial charge in [-0.1, -0.05) is 13.8 Å². The van der Waals surface area contributed by atoms with E-state index in [9.17, 15) is 19.8 Å². The van der Waals surface area contributed by atoms with E-state index in [0.717, 1.165) is 0 Å². The maximum absolute atomic E-state index is 12.8. The molecule has 0 radical (unpaired) electrons. The molecule has 0 saturated heterocycles. The van der Waals surface area contributed by atoms with Crippen LogP contribution >= 0.6 is 0 Å². The van der Waals surface area contributed by atoms with Crippen LogP contribution in [0.15, 0.2) is 36.4 Å². The molecule has 2 rings (SSSR count). The van der Waals surface area contributed by atoms with Crippen LogP contribution in [0, 0.1) is 5.92 Å². The molecule has 6 nitrogen and oxygen atoms in total. The molecule has 0 amide bonds. The molecule has 0 aliphatic heterocycles. The number of carbonyl (C=O) groups excluding carboxylic acids is 2. The number of rotatable bonds is 9. The van der Waals surface area contributed by atoms with Crippen molar-refractivity contribution in [1.29, 1.82) is 0 Å². The summed E-state index contributed by atoms with van der Waals surface area (Å²) >= 11 is 0. The number of benzene rings is 2. The summed E-state index contributed by atoms with van der Waals surface area (Å²) < 4.78 is 10.6. The summed E-state index contributed by atoms with van der Waals surface area (Å²) in [6, 6.07) is 8.99. The standard InChI is InChI=1S/C23H28O6/c1-14(2)13-28-18-7-8-19(21(25)12-18)23(27)17-5-9-20(24)16(11-17)6-10-22(26)29-15(3)4/h5,7-9,11-12,14-15,24-25H,6,10,13H2,1-4H3. The second-order valence-corrected chi connectivity index (χ2v) is 7.60. The van der Waals surface area contributed by atoms with Crippen LogP contribution in [0.1, 0.15) is 55.6 Å². The van der Waals surface area contributed by atoms with Crippen molar-refractivity contribution in [2.75, 3.05) is 6.61 Å². The first kappa shape index (κ1) is 22.3. The SMILES string of the molecule is CC(C)COc1ccc(C(=O)c2ccc(O)c(CCC(=O)OC(C)C)c2)c(O)c1. The highest BCUT2D eigenvalue weighted by molar-refractivity contribution is 6.10. The first-order chi connectivity index (χ1) is 13.7. The number of hydrogen-bond donors (Lipinski definition) is 2. The summed E-state index contributed by atoms with van der Waals surface area (Å²) in [4.78, 5) is 24.6. The zero-order valence-corrected chi connectivity index (χ0v) is 17.3. The molecule has 156 valence electrons. The van der Waals surface area contributed by atoms with Crippen molar-refractivity contribution in [3.05, 3.63) is 53.1 Å². The predicted octanol–water partition coefficient (Wildman–Crippen LogP) is 4.25. The fourth-order valence-electron chi connectivity index (χ4n) is 2.70. The predicted molar refractivity (Wildman–Crippen MR) is 110 cm³/mol. The van der Waals surface area contributed by atoms with E-state index in [-0.39, 0.29) is 47.8 Å². The molecule has 0 heterocycles. The Bertz CT molecular complexity index is 870. The van der Waals surface area contributed by atoms with E-state index >= 15 is 0 Å². The fourth-order valence-corrected chi connectivity index (χ4v) is 2.70. The van der Waals surface area contributed by atoms with E-state index in [1.807, 2.05) is 13.8 Å². The molecule has 2 aromatic rings. The van der Waals surface area contributed by atoms with Crippen LogP contribution in [0.3, 0.4) is 0 Å². The third-order valence-corrected chi connectivity index (χ3v) is 4.10. The number of phenolic OH excluding ortho intramolecular Hbond substituents is 2. The minimum atomic E-state index is -0.385. The lowest BCUT2D eigenvalue weighted by Gasteiger charge is -2.12. The second-order valence-electron chi connectivity index (χ2n) is 7.60. The zero-order chi connectivity index (χ0) is 21.6. The van der Waals surface area contributed by atoms with Gasteiger partial charge in [0.2, 0.25) is 0 Å². The van der Waals surface area contributed by atoms with Gasteiger partial charge in [0.25, 0.3) is 0 Å². The van der Waals surface area contributed by atoms with Crippen molar-refractivity contribution in [3.8, 4) is 17.2 Å².